The van der Waals surface area contributed by atoms with Gasteiger partial charge in [0.1, 0.15) is 5.75 Å². The van der Waals surface area contributed by atoms with Gasteiger partial charge in [0, 0.05) is 10.6 Å². The molecule has 0 unspecified atom stereocenters. The molecule has 0 radical (unpaired) electrons. The Balaban J connectivity index is 1.62. The molecule has 2 aromatic carbocycles. The molecule has 0 atom stereocenters. The molecule has 0 amide bonds. The van der Waals surface area contributed by atoms with Gasteiger partial charge in [-0.1, -0.05) is 48.9 Å². The van der Waals surface area contributed by atoms with Crippen LogP contribution in [0.4, 0.5) is 0 Å². The highest BCUT2D eigenvalue weighted by molar-refractivity contribution is 7.15. The van der Waals surface area contributed by atoms with E-state index < -0.39 is 0 Å². The first-order valence-electron chi connectivity index (χ1n) is 8.90. The van der Waals surface area contributed by atoms with Crippen LogP contribution in [0.5, 0.6) is 5.75 Å². The van der Waals surface area contributed by atoms with Gasteiger partial charge in [0.15, 0.2) is 5.82 Å². The van der Waals surface area contributed by atoms with Crippen molar-refractivity contribution >= 4 is 34.0 Å². The monoisotopic (exact) mass is 411 g/mol. The summed E-state index contributed by atoms with van der Waals surface area (Å²) in [5.41, 5.74) is 1.57. The van der Waals surface area contributed by atoms with E-state index in [-0.39, 0.29) is 5.56 Å². The van der Waals surface area contributed by atoms with Crippen molar-refractivity contribution in [1.29, 1.82) is 0 Å². The van der Waals surface area contributed by atoms with Crippen LogP contribution in [0.1, 0.15) is 19.4 Å². The molecule has 0 saturated heterocycles. The molecule has 0 saturated carbocycles. The summed E-state index contributed by atoms with van der Waals surface area (Å²) in [5, 5.41) is 5.04. The van der Waals surface area contributed by atoms with Gasteiger partial charge >= 0.3 is 0 Å². The van der Waals surface area contributed by atoms with Crippen molar-refractivity contribution in [3.05, 3.63) is 74.0 Å². The highest BCUT2D eigenvalue weighted by Gasteiger charge is 2.12. The molecule has 5 nitrogen and oxygen atoms in total. The van der Waals surface area contributed by atoms with Crippen LogP contribution >= 0.6 is 22.9 Å². The van der Waals surface area contributed by atoms with Crippen molar-refractivity contribution in [3.8, 4) is 17.1 Å². The molecule has 0 N–H and O–H groups in total. The summed E-state index contributed by atoms with van der Waals surface area (Å²) < 4.78 is 7.63. The molecule has 0 aliphatic carbocycles. The third-order valence-corrected chi connectivity index (χ3v) is 5.26. The van der Waals surface area contributed by atoms with Gasteiger partial charge in [0.25, 0.3) is 5.56 Å². The highest BCUT2D eigenvalue weighted by Crippen LogP contribution is 2.21. The molecule has 0 spiro atoms. The second-order valence-electron chi connectivity index (χ2n) is 6.83. The lowest BCUT2D eigenvalue weighted by atomic mass is 10.2. The van der Waals surface area contributed by atoms with Gasteiger partial charge in [0.2, 0.25) is 4.96 Å². The van der Waals surface area contributed by atoms with Gasteiger partial charge in [-0.05, 0) is 54.0 Å². The Bertz CT molecular complexity index is 1210. The molecular weight excluding hydrogens is 394 g/mol. The van der Waals surface area contributed by atoms with Crippen LogP contribution in [-0.4, -0.2) is 21.2 Å². The number of hydrogen-bond donors (Lipinski definition) is 0. The summed E-state index contributed by atoms with van der Waals surface area (Å²) >= 11 is 7.22. The molecular formula is C21H18ClN3O2S. The summed E-state index contributed by atoms with van der Waals surface area (Å²) in [7, 11) is 0. The first kappa shape index (κ1) is 18.7. The quantitative estimate of drug-likeness (QED) is 0.497. The van der Waals surface area contributed by atoms with E-state index in [4.69, 9.17) is 16.3 Å². The van der Waals surface area contributed by atoms with Crippen molar-refractivity contribution in [3.63, 3.8) is 0 Å². The number of rotatable bonds is 5. The molecule has 0 bridgehead atoms. The number of nitrogens with zero attached hydrogens (tertiary/aromatic N) is 3. The predicted molar refractivity (Wildman–Crippen MR) is 113 cm³/mol. The Morgan fingerprint density at radius 1 is 1.14 bits per heavy atom. The minimum absolute atomic E-state index is 0.175. The van der Waals surface area contributed by atoms with Crippen LogP contribution in [-0.2, 0) is 0 Å². The number of fused-ring (bicyclic) bond motifs is 1. The molecule has 4 aromatic rings. The molecule has 2 aromatic heterocycles. The molecule has 0 aliphatic rings. The maximum Gasteiger partial charge on any atom is 0.291 e. The zero-order chi connectivity index (χ0) is 19.7. The lowest BCUT2D eigenvalue weighted by molar-refractivity contribution is 0.271. The van der Waals surface area contributed by atoms with Gasteiger partial charge in [-0.3, -0.25) is 4.79 Å². The number of halogens is 1. The summed E-state index contributed by atoms with van der Waals surface area (Å²) in [6.45, 7) is 4.88. The number of aromatic nitrogens is 3. The maximum atomic E-state index is 12.6. The molecule has 0 aliphatic heterocycles. The van der Waals surface area contributed by atoms with Crippen LogP contribution in [0, 0.1) is 5.92 Å². The molecule has 2 heterocycles. The fourth-order valence-corrected chi connectivity index (χ4v) is 3.66. The van der Waals surface area contributed by atoms with Gasteiger partial charge in [-0.25, -0.2) is 0 Å². The molecule has 28 heavy (non-hydrogen) atoms. The van der Waals surface area contributed by atoms with Crippen molar-refractivity contribution in [2.45, 2.75) is 13.8 Å². The van der Waals surface area contributed by atoms with Gasteiger partial charge in [0.05, 0.1) is 11.1 Å². The Morgan fingerprint density at radius 2 is 1.86 bits per heavy atom. The van der Waals surface area contributed by atoms with Crippen molar-refractivity contribution in [2.24, 2.45) is 5.92 Å². The van der Waals surface area contributed by atoms with Crippen molar-refractivity contribution in [2.75, 3.05) is 6.61 Å². The molecule has 7 heteroatoms. The lowest BCUT2D eigenvalue weighted by Crippen LogP contribution is -2.23. The number of ether oxygens (including phenoxy) is 1. The van der Waals surface area contributed by atoms with Crippen LogP contribution in [0.3, 0.4) is 0 Å². The van der Waals surface area contributed by atoms with Gasteiger partial charge in [-0.2, -0.15) is 9.50 Å². The Hall–Kier alpha value is -2.70. The van der Waals surface area contributed by atoms with E-state index >= 15 is 0 Å². The predicted octanol–water partition coefficient (Wildman–Crippen LogP) is 4.05. The summed E-state index contributed by atoms with van der Waals surface area (Å²) in [5.74, 6) is 1.80. The summed E-state index contributed by atoms with van der Waals surface area (Å²) in [6, 6.07) is 14.9. The van der Waals surface area contributed by atoms with Gasteiger partial charge in [-0.15, -0.1) is 5.10 Å². The number of thiazole rings is 1. The lowest BCUT2D eigenvalue weighted by Gasteiger charge is -2.08. The topological polar surface area (TPSA) is 56.5 Å². The second kappa shape index (κ2) is 7.73. The van der Waals surface area contributed by atoms with Crippen LogP contribution in [0.15, 0.2) is 53.3 Å². The average Bonchev–Trinajstić information content (AvgIpc) is 3.22. The molecule has 142 valence electrons. The van der Waals surface area contributed by atoms with E-state index in [0.717, 1.165) is 16.9 Å². The third kappa shape index (κ3) is 3.93. The number of hydrogen-bond acceptors (Lipinski definition) is 5. The largest absolute Gasteiger partial charge is 0.493 e. The van der Waals surface area contributed by atoms with Crippen molar-refractivity contribution < 1.29 is 4.74 Å². The second-order valence-corrected chi connectivity index (χ2v) is 8.27. The normalized spacial score (nSPS) is 12.2. The zero-order valence-corrected chi connectivity index (χ0v) is 17.0. The van der Waals surface area contributed by atoms with Crippen LogP contribution in [0.25, 0.3) is 22.4 Å². The Kier molecular flexibility index (Phi) is 5.15. The zero-order valence-electron chi connectivity index (χ0n) is 15.4. The fourth-order valence-electron chi connectivity index (χ4n) is 2.63. The first-order chi connectivity index (χ1) is 13.5. The SMILES string of the molecule is CC(C)COc1ccc(-c2nc3s/c(=C/c4ccc(Cl)cc4)c(=O)n3n2)cc1. The van der Waals surface area contributed by atoms with E-state index in [9.17, 15) is 4.79 Å². The smallest absolute Gasteiger partial charge is 0.291 e. The highest BCUT2D eigenvalue weighted by atomic mass is 35.5. The van der Waals surface area contributed by atoms with E-state index in [1.54, 1.807) is 12.1 Å². The Morgan fingerprint density at radius 3 is 2.50 bits per heavy atom. The van der Waals surface area contributed by atoms with Gasteiger partial charge < -0.3 is 4.74 Å². The third-order valence-electron chi connectivity index (χ3n) is 4.05. The molecule has 0 fully saturated rings. The van der Waals surface area contributed by atoms with E-state index in [0.29, 0.717) is 32.9 Å². The molecule has 4 rings (SSSR count). The van der Waals surface area contributed by atoms with E-state index in [1.807, 2.05) is 42.5 Å². The van der Waals surface area contributed by atoms with E-state index in [2.05, 4.69) is 23.9 Å². The minimum Gasteiger partial charge on any atom is -0.493 e. The fraction of sp³-hybridized carbons (Fsp3) is 0.190. The van der Waals surface area contributed by atoms with Crippen LogP contribution in [0.2, 0.25) is 5.02 Å². The Labute approximate surface area is 170 Å². The average molecular weight is 412 g/mol. The first-order valence-corrected chi connectivity index (χ1v) is 10.1. The number of benzene rings is 2. The van der Waals surface area contributed by atoms with Crippen LogP contribution < -0.4 is 14.8 Å². The van der Waals surface area contributed by atoms with Crippen molar-refractivity contribution in [1.82, 2.24) is 14.6 Å². The van der Waals surface area contributed by atoms with E-state index in [1.165, 1.54) is 15.9 Å². The summed E-state index contributed by atoms with van der Waals surface area (Å²) in [6.07, 6.45) is 1.82. The maximum absolute atomic E-state index is 12.6. The standard InChI is InChI=1S/C21H18ClN3O2S/c1-13(2)12-27-17-9-5-15(6-10-17)19-23-21-25(24-19)20(26)18(28-21)11-14-3-7-16(22)8-4-14/h3-11,13H,12H2,1-2H3/b18-11+. The minimum atomic E-state index is -0.175. The summed E-state index contributed by atoms with van der Waals surface area (Å²) in [4.78, 5) is 17.7.